The fourth-order valence-corrected chi connectivity index (χ4v) is 4.97. The molecule has 4 rings (SSSR count). The Labute approximate surface area is 171 Å². The molecule has 0 saturated heterocycles. The van der Waals surface area contributed by atoms with Crippen LogP contribution >= 0.6 is 0 Å². The second kappa shape index (κ2) is 7.07. The van der Waals surface area contributed by atoms with E-state index in [1.165, 1.54) is 16.9 Å². The first-order chi connectivity index (χ1) is 14.2. The number of nitrogen functional groups attached to an aromatic ring is 1. The highest BCUT2D eigenvalue weighted by atomic mass is 32.2. The molecular weight excluding hydrogens is 411 g/mol. The van der Waals surface area contributed by atoms with Gasteiger partial charge in [0.1, 0.15) is 23.7 Å². The van der Waals surface area contributed by atoms with Crippen LogP contribution in [0.1, 0.15) is 30.0 Å². The first-order valence-corrected chi connectivity index (χ1v) is 10.6. The molecule has 9 nitrogen and oxygen atoms in total. The van der Waals surface area contributed by atoms with E-state index in [1.807, 2.05) is 0 Å². The largest absolute Gasteiger partial charge is 0.467 e. The van der Waals surface area contributed by atoms with E-state index in [-0.39, 0.29) is 45.7 Å². The number of benzene rings is 1. The van der Waals surface area contributed by atoms with Gasteiger partial charge in [0.2, 0.25) is 0 Å². The average Bonchev–Trinajstić information content (AvgIpc) is 3.02. The molecule has 1 atom stereocenters. The molecule has 1 aliphatic heterocycles. The Kier molecular flexibility index (Phi) is 4.66. The summed E-state index contributed by atoms with van der Waals surface area (Å²) in [6.45, 7) is 1.57. The monoisotopic (exact) mass is 428 g/mol. The number of hydrogen-bond donors (Lipinski definition) is 1. The SMILES string of the molecule is CC1Oc2nc(cnc2N)-c2c(nn(C)c2C#N)CCS(=O)(=O)c2ccc(F)cc21. The van der Waals surface area contributed by atoms with Gasteiger partial charge in [-0.2, -0.15) is 10.4 Å². The molecule has 0 radical (unpaired) electrons. The lowest BCUT2D eigenvalue weighted by atomic mass is 10.1. The van der Waals surface area contributed by atoms with Gasteiger partial charge in [0.05, 0.1) is 33.8 Å². The number of aromatic nitrogens is 4. The molecule has 0 saturated carbocycles. The molecule has 154 valence electrons. The summed E-state index contributed by atoms with van der Waals surface area (Å²) in [5, 5.41) is 13.9. The van der Waals surface area contributed by atoms with E-state index in [0.29, 0.717) is 11.3 Å². The van der Waals surface area contributed by atoms with Crippen LogP contribution < -0.4 is 10.5 Å². The van der Waals surface area contributed by atoms with Crippen molar-refractivity contribution in [3.63, 3.8) is 0 Å². The Morgan fingerprint density at radius 1 is 1.40 bits per heavy atom. The Hall–Kier alpha value is -3.52. The minimum atomic E-state index is -3.81. The molecule has 0 spiro atoms. The van der Waals surface area contributed by atoms with Crippen LogP contribution in [-0.4, -0.2) is 33.9 Å². The van der Waals surface area contributed by atoms with Crippen LogP contribution in [0.2, 0.25) is 0 Å². The minimum Gasteiger partial charge on any atom is -0.467 e. The third kappa shape index (κ3) is 3.25. The first kappa shape index (κ1) is 19.8. The Morgan fingerprint density at radius 3 is 2.90 bits per heavy atom. The van der Waals surface area contributed by atoms with E-state index in [0.717, 1.165) is 12.1 Å². The summed E-state index contributed by atoms with van der Waals surface area (Å²) in [6, 6.07) is 5.49. The molecule has 1 aromatic carbocycles. The topological polar surface area (TPSA) is 137 Å². The second-order valence-electron chi connectivity index (χ2n) is 6.86. The van der Waals surface area contributed by atoms with Crippen LogP contribution in [0, 0.1) is 17.1 Å². The highest BCUT2D eigenvalue weighted by Crippen LogP contribution is 2.34. The summed E-state index contributed by atoms with van der Waals surface area (Å²) in [5.74, 6) is -0.952. The summed E-state index contributed by atoms with van der Waals surface area (Å²) >= 11 is 0. The van der Waals surface area contributed by atoms with Crippen molar-refractivity contribution >= 4 is 15.7 Å². The zero-order chi connectivity index (χ0) is 21.6. The van der Waals surface area contributed by atoms with Crippen LogP contribution in [0.3, 0.4) is 0 Å². The molecule has 0 fully saturated rings. The number of rotatable bonds is 0. The molecule has 0 aliphatic carbocycles. The molecule has 2 bridgehead atoms. The van der Waals surface area contributed by atoms with Gasteiger partial charge in [-0.05, 0) is 25.1 Å². The maximum atomic E-state index is 13.9. The summed E-state index contributed by atoms with van der Waals surface area (Å²) in [7, 11) is -2.23. The highest BCUT2D eigenvalue weighted by molar-refractivity contribution is 7.91. The molecule has 1 unspecified atom stereocenters. The lowest BCUT2D eigenvalue weighted by Gasteiger charge is -2.20. The van der Waals surface area contributed by atoms with E-state index < -0.39 is 21.8 Å². The summed E-state index contributed by atoms with van der Waals surface area (Å²) in [5.41, 5.74) is 7.29. The third-order valence-corrected chi connectivity index (χ3v) is 6.67. The van der Waals surface area contributed by atoms with Gasteiger partial charge in [0.25, 0.3) is 5.88 Å². The van der Waals surface area contributed by atoms with Gasteiger partial charge < -0.3 is 10.5 Å². The van der Waals surface area contributed by atoms with Gasteiger partial charge >= 0.3 is 0 Å². The number of nitrogens with two attached hydrogens (primary N) is 1. The minimum absolute atomic E-state index is 0.0209. The van der Waals surface area contributed by atoms with E-state index in [2.05, 4.69) is 21.1 Å². The van der Waals surface area contributed by atoms with E-state index >= 15 is 0 Å². The van der Waals surface area contributed by atoms with Crippen LogP contribution in [0.5, 0.6) is 5.88 Å². The number of hydrogen-bond acceptors (Lipinski definition) is 8. The number of fused-ring (bicyclic) bond motifs is 5. The number of nitrogens with zero attached hydrogens (tertiary/aromatic N) is 5. The van der Waals surface area contributed by atoms with Gasteiger partial charge in [-0.25, -0.2) is 22.8 Å². The van der Waals surface area contributed by atoms with Crippen molar-refractivity contribution < 1.29 is 17.5 Å². The molecule has 2 aromatic heterocycles. The Bertz CT molecular complexity index is 1310. The summed E-state index contributed by atoms with van der Waals surface area (Å²) in [6.07, 6.45) is 0.531. The van der Waals surface area contributed by atoms with Crippen molar-refractivity contribution in [3.05, 3.63) is 47.2 Å². The molecule has 0 amide bonds. The van der Waals surface area contributed by atoms with Gasteiger partial charge in [0.15, 0.2) is 15.7 Å². The van der Waals surface area contributed by atoms with Crippen molar-refractivity contribution in [1.29, 1.82) is 5.26 Å². The van der Waals surface area contributed by atoms with E-state index in [4.69, 9.17) is 10.5 Å². The van der Waals surface area contributed by atoms with Crippen molar-refractivity contribution in [1.82, 2.24) is 19.7 Å². The normalized spacial score (nSPS) is 17.5. The van der Waals surface area contributed by atoms with Crippen LogP contribution in [0.25, 0.3) is 11.3 Å². The van der Waals surface area contributed by atoms with Gasteiger partial charge in [0, 0.05) is 19.0 Å². The maximum absolute atomic E-state index is 13.9. The molecule has 3 heterocycles. The average molecular weight is 428 g/mol. The lowest BCUT2D eigenvalue weighted by Crippen LogP contribution is -2.17. The number of sulfone groups is 1. The lowest BCUT2D eigenvalue weighted by molar-refractivity contribution is 0.214. The van der Waals surface area contributed by atoms with Crippen LogP contribution in [0.4, 0.5) is 10.2 Å². The molecule has 1 aliphatic rings. The quantitative estimate of drug-likeness (QED) is 0.536. The Balaban J connectivity index is 1.99. The highest BCUT2D eigenvalue weighted by Gasteiger charge is 2.28. The van der Waals surface area contributed by atoms with Gasteiger partial charge in [-0.15, -0.1) is 0 Å². The van der Waals surface area contributed by atoms with Crippen molar-refractivity contribution in [2.75, 3.05) is 11.5 Å². The van der Waals surface area contributed by atoms with Crippen molar-refractivity contribution in [2.45, 2.75) is 24.3 Å². The molecule has 11 heteroatoms. The molecular formula is C19H17FN6O3S. The van der Waals surface area contributed by atoms with Crippen molar-refractivity contribution in [3.8, 4) is 23.2 Å². The van der Waals surface area contributed by atoms with Crippen LogP contribution in [0.15, 0.2) is 29.3 Å². The second-order valence-corrected chi connectivity index (χ2v) is 8.94. The zero-order valence-electron chi connectivity index (χ0n) is 16.1. The molecule has 2 N–H and O–H groups in total. The number of nitriles is 1. The zero-order valence-corrected chi connectivity index (χ0v) is 16.9. The number of aryl methyl sites for hydroxylation is 2. The number of anilines is 1. The number of ether oxygens (including phenoxy) is 1. The smallest absolute Gasteiger partial charge is 0.258 e. The van der Waals surface area contributed by atoms with Crippen molar-refractivity contribution in [2.24, 2.45) is 7.05 Å². The molecule has 30 heavy (non-hydrogen) atoms. The maximum Gasteiger partial charge on any atom is 0.258 e. The fraction of sp³-hybridized carbons (Fsp3) is 0.263. The van der Waals surface area contributed by atoms with E-state index in [9.17, 15) is 18.1 Å². The van der Waals surface area contributed by atoms with Gasteiger partial charge in [-0.3, -0.25) is 4.68 Å². The number of halogens is 1. The Morgan fingerprint density at radius 2 is 2.17 bits per heavy atom. The first-order valence-electron chi connectivity index (χ1n) is 8.99. The fourth-order valence-electron chi connectivity index (χ4n) is 3.43. The van der Waals surface area contributed by atoms with Gasteiger partial charge in [-0.1, -0.05) is 0 Å². The summed E-state index contributed by atoms with van der Waals surface area (Å²) < 4.78 is 47.2. The van der Waals surface area contributed by atoms with Crippen LogP contribution in [-0.2, 0) is 23.3 Å². The summed E-state index contributed by atoms with van der Waals surface area (Å²) in [4.78, 5) is 8.45. The molecule has 3 aromatic rings. The third-order valence-electron chi connectivity index (χ3n) is 4.89. The predicted molar refractivity (Wildman–Crippen MR) is 105 cm³/mol. The van der Waals surface area contributed by atoms with E-state index in [1.54, 1.807) is 14.0 Å². The standard InChI is InChI=1S/C19H17FN6O3S/c1-10-12-7-11(20)3-4-16(12)30(27,28)6-5-13-17(15(8-21)26(2)25-13)14-9-23-18(22)19(24-14)29-10/h3-4,7,9-10H,5-6H2,1-2H3,(H2,22,23). The predicted octanol–water partition coefficient (Wildman–Crippen LogP) is 1.94.